The predicted octanol–water partition coefficient (Wildman–Crippen LogP) is 8.84. The molecule has 0 radical (unpaired) electrons. The van der Waals surface area contributed by atoms with Gasteiger partial charge >= 0.3 is 8.80 Å². The molecule has 1 rings (SSSR count). The van der Waals surface area contributed by atoms with E-state index in [9.17, 15) is 4.79 Å². The largest absolute Gasteiger partial charge is 0.517 e. The van der Waals surface area contributed by atoms with E-state index in [0.29, 0.717) is 24.1 Å². The molecule has 1 aliphatic heterocycles. The second-order valence-corrected chi connectivity index (χ2v) is 14.3. The van der Waals surface area contributed by atoms with Gasteiger partial charge in [-0.05, 0) is 38.5 Å². The van der Waals surface area contributed by atoms with Gasteiger partial charge in [0, 0.05) is 38.0 Å². The lowest BCUT2D eigenvalue weighted by molar-refractivity contribution is -0.111. The zero-order valence-electron chi connectivity index (χ0n) is 24.1. The van der Waals surface area contributed by atoms with Crippen molar-refractivity contribution in [3.8, 4) is 0 Å². The van der Waals surface area contributed by atoms with Crippen molar-refractivity contribution in [3.63, 3.8) is 0 Å². The Kier molecular flexibility index (Phi) is 22.9. The molecule has 2 unspecified atom stereocenters. The summed E-state index contributed by atoms with van der Waals surface area (Å²) >= 11 is 1.47. The Hall–Kier alpha value is 0.0769. The number of carbonyl (C=O) groups excluding carboxylic acids is 1. The average molecular weight is 546 g/mol. The van der Waals surface area contributed by atoms with Gasteiger partial charge in [-0.2, -0.15) is 0 Å². The normalized spacial score (nSPS) is 20.8. The molecular formula is C29H59NO4SSi. The summed E-state index contributed by atoms with van der Waals surface area (Å²) in [6.45, 7) is 8.71. The Balaban J connectivity index is 2.16. The third-order valence-corrected chi connectivity index (χ3v) is 11.0. The first kappa shape index (κ1) is 34.1. The van der Waals surface area contributed by atoms with E-state index in [1.807, 2.05) is 6.92 Å². The Bertz CT molecular complexity index is 502. The minimum Gasteiger partial charge on any atom is -0.373 e. The third kappa shape index (κ3) is 18.3. The summed E-state index contributed by atoms with van der Waals surface area (Å²) in [6.07, 6.45) is 23.7. The molecule has 214 valence electrons. The second-order valence-electron chi connectivity index (χ2n) is 10.5. The predicted molar refractivity (Wildman–Crippen MR) is 157 cm³/mol. The van der Waals surface area contributed by atoms with Crippen molar-refractivity contribution < 1.29 is 18.2 Å². The summed E-state index contributed by atoms with van der Waals surface area (Å²) in [6, 6.07) is 0.772. The van der Waals surface area contributed by atoms with Crippen molar-refractivity contribution in [2.75, 3.05) is 25.5 Å². The van der Waals surface area contributed by atoms with Crippen molar-refractivity contribution >= 4 is 25.7 Å². The molecule has 7 heteroatoms. The van der Waals surface area contributed by atoms with Crippen LogP contribution in [0.4, 0.5) is 0 Å². The molecule has 1 aliphatic rings. The highest BCUT2D eigenvalue weighted by Gasteiger charge is 2.42. The van der Waals surface area contributed by atoms with Crippen LogP contribution in [0, 0.1) is 5.92 Å². The fraction of sp³-hybridized carbons (Fsp3) is 0.966. The van der Waals surface area contributed by atoms with E-state index in [0.717, 1.165) is 44.2 Å². The van der Waals surface area contributed by atoms with Gasteiger partial charge in [0.2, 0.25) is 0 Å². The molecule has 1 heterocycles. The van der Waals surface area contributed by atoms with Crippen LogP contribution < -0.4 is 5.48 Å². The van der Waals surface area contributed by atoms with Crippen molar-refractivity contribution in [2.24, 2.45) is 5.92 Å². The monoisotopic (exact) mass is 545 g/mol. The van der Waals surface area contributed by atoms with Gasteiger partial charge in [0.15, 0.2) is 5.12 Å². The maximum Gasteiger partial charge on any atom is 0.517 e. The number of rotatable bonds is 23. The SMILES string of the molecule is CCCCCCCCCCCCC1CCO[Si](CCCSC(=O)CCCCCCC)(OCC)ONC1. The molecule has 5 nitrogen and oxygen atoms in total. The maximum absolute atomic E-state index is 12.1. The smallest absolute Gasteiger partial charge is 0.373 e. The first-order chi connectivity index (χ1) is 17.7. The third-order valence-electron chi connectivity index (χ3n) is 7.15. The molecule has 1 saturated heterocycles. The van der Waals surface area contributed by atoms with E-state index in [4.69, 9.17) is 13.4 Å². The summed E-state index contributed by atoms with van der Waals surface area (Å²) in [5, 5.41) is 0.325. The lowest BCUT2D eigenvalue weighted by Gasteiger charge is -2.33. The van der Waals surface area contributed by atoms with Gasteiger partial charge in [0.05, 0.1) is 0 Å². The van der Waals surface area contributed by atoms with Crippen LogP contribution in [0.25, 0.3) is 0 Å². The van der Waals surface area contributed by atoms with Gasteiger partial charge < -0.3 is 8.85 Å². The van der Waals surface area contributed by atoms with Crippen molar-refractivity contribution in [2.45, 2.75) is 149 Å². The van der Waals surface area contributed by atoms with E-state index < -0.39 is 8.80 Å². The summed E-state index contributed by atoms with van der Waals surface area (Å²) in [5.41, 5.74) is 3.23. The average Bonchev–Trinajstić information content (AvgIpc) is 2.86. The molecule has 0 spiro atoms. The van der Waals surface area contributed by atoms with Crippen LogP contribution in [0.2, 0.25) is 6.04 Å². The van der Waals surface area contributed by atoms with E-state index >= 15 is 0 Å². The number of nitrogens with one attached hydrogen (secondary N) is 1. The molecule has 1 N–H and O–H groups in total. The number of carbonyl (C=O) groups is 1. The van der Waals surface area contributed by atoms with Crippen LogP contribution in [0.15, 0.2) is 0 Å². The molecule has 0 amide bonds. The van der Waals surface area contributed by atoms with Crippen LogP contribution in [-0.2, 0) is 18.2 Å². The molecule has 36 heavy (non-hydrogen) atoms. The molecular weight excluding hydrogens is 486 g/mol. The first-order valence-corrected chi connectivity index (χ1v) is 18.4. The van der Waals surface area contributed by atoms with Crippen LogP contribution in [-0.4, -0.2) is 39.4 Å². The van der Waals surface area contributed by atoms with Crippen molar-refractivity contribution in [1.82, 2.24) is 5.48 Å². The number of hydrogen-bond donors (Lipinski definition) is 1. The fourth-order valence-corrected chi connectivity index (χ4v) is 8.29. The molecule has 0 bridgehead atoms. The Morgan fingerprint density at radius 2 is 1.47 bits per heavy atom. The number of hydrogen-bond acceptors (Lipinski definition) is 6. The summed E-state index contributed by atoms with van der Waals surface area (Å²) in [5.74, 6) is 1.43. The highest BCUT2D eigenvalue weighted by atomic mass is 32.2. The van der Waals surface area contributed by atoms with Gasteiger partial charge in [0.1, 0.15) is 0 Å². The quantitative estimate of drug-likeness (QED) is 0.102. The number of thioether (sulfide) groups is 1. The van der Waals surface area contributed by atoms with Crippen LogP contribution >= 0.6 is 11.8 Å². The molecule has 1 fully saturated rings. The van der Waals surface area contributed by atoms with Gasteiger partial charge in [-0.1, -0.05) is 116 Å². The molecule has 0 aromatic carbocycles. The minimum absolute atomic E-state index is 0.325. The Morgan fingerprint density at radius 1 is 0.861 bits per heavy atom. The van der Waals surface area contributed by atoms with E-state index in [1.165, 1.54) is 108 Å². The zero-order chi connectivity index (χ0) is 26.2. The molecule has 0 aromatic rings. The molecule has 0 saturated carbocycles. The van der Waals surface area contributed by atoms with Crippen LogP contribution in [0.1, 0.15) is 143 Å². The lowest BCUT2D eigenvalue weighted by Crippen LogP contribution is -2.52. The standard InChI is InChI=1S/C29H59NO4SSi/c1-4-7-9-11-12-13-14-15-17-18-21-28-23-24-33-36(32-6-3,34-30-27-28)26-20-25-35-29(31)22-19-16-10-8-5-2/h28,30H,4-27H2,1-3H3. The van der Waals surface area contributed by atoms with E-state index in [-0.39, 0.29) is 0 Å². The van der Waals surface area contributed by atoms with Crippen molar-refractivity contribution in [1.29, 1.82) is 0 Å². The second kappa shape index (κ2) is 24.1. The lowest BCUT2D eigenvalue weighted by atomic mass is 9.97. The first-order valence-electron chi connectivity index (χ1n) is 15.5. The topological polar surface area (TPSA) is 56.8 Å². The minimum atomic E-state index is -2.71. The summed E-state index contributed by atoms with van der Waals surface area (Å²) < 4.78 is 18.4. The summed E-state index contributed by atoms with van der Waals surface area (Å²) in [7, 11) is -2.71. The van der Waals surface area contributed by atoms with Gasteiger partial charge in [-0.25, -0.2) is 5.48 Å². The summed E-state index contributed by atoms with van der Waals surface area (Å²) in [4.78, 5) is 12.1. The highest BCUT2D eigenvalue weighted by molar-refractivity contribution is 8.13. The highest BCUT2D eigenvalue weighted by Crippen LogP contribution is 2.24. The zero-order valence-corrected chi connectivity index (χ0v) is 25.9. The van der Waals surface area contributed by atoms with Gasteiger partial charge in [-0.3, -0.25) is 9.32 Å². The Morgan fingerprint density at radius 3 is 2.11 bits per heavy atom. The van der Waals surface area contributed by atoms with Crippen LogP contribution in [0.3, 0.4) is 0 Å². The van der Waals surface area contributed by atoms with E-state index in [1.54, 1.807) is 0 Å². The number of hydroxylamine groups is 1. The fourth-order valence-electron chi connectivity index (χ4n) is 4.86. The van der Waals surface area contributed by atoms with Gasteiger partial charge in [0.25, 0.3) is 0 Å². The van der Waals surface area contributed by atoms with Crippen LogP contribution in [0.5, 0.6) is 0 Å². The maximum atomic E-state index is 12.1. The molecule has 0 aromatic heterocycles. The van der Waals surface area contributed by atoms with Gasteiger partial charge in [-0.15, -0.1) is 0 Å². The number of unbranched alkanes of at least 4 members (excludes halogenated alkanes) is 13. The van der Waals surface area contributed by atoms with Crippen molar-refractivity contribution in [3.05, 3.63) is 0 Å². The Labute approximate surface area is 229 Å². The molecule has 0 aliphatic carbocycles. The molecule has 2 atom stereocenters. The van der Waals surface area contributed by atoms with E-state index in [2.05, 4.69) is 19.3 Å².